The highest BCUT2D eigenvalue weighted by Crippen LogP contribution is 2.35. The molecule has 0 amide bonds. The van der Waals surface area contributed by atoms with E-state index >= 15 is 0 Å². The lowest BCUT2D eigenvalue weighted by molar-refractivity contribution is -0.134. The number of benzene rings is 1. The number of hydrogen-bond acceptors (Lipinski definition) is 4. The average Bonchev–Trinajstić information content (AvgIpc) is 3.13. The molecular formula is C17H17F3N4S. The highest BCUT2D eigenvalue weighted by Gasteiger charge is 2.33. The molecule has 0 fully saturated rings. The van der Waals surface area contributed by atoms with Gasteiger partial charge in [-0.1, -0.05) is 41.7 Å². The van der Waals surface area contributed by atoms with E-state index in [1.165, 1.54) is 0 Å². The van der Waals surface area contributed by atoms with Crippen LogP contribution in [0.5, 0.6) is 0 Å². The molecule has 0 saturated heterocycles. The molecular weight excluding hydrogens is 349 g/mol. The van der Waals surface area contributed by atoms with Crippen LogP contribution in [-0.4, -0.2) is 14.8 Å². The third-order valence-electron chi connectivity index (χ3n) is 3.91. The van der Waals surface area contributed by atoms with Crippen LogP contribution in [0.25, 0.3) is 0 Å². The largest absolute Gasteiger partial charge is 0.427 e. The van der Waals surface area contributed by atoms with Crippen LogP contribution in [0.1, 0.15) is 27.4 Å². The van der Waals surface area contributed by atoms with Gasteiger partial charge in [0.05, 0.1) is 18.4 Å². The van der Waals surface area contributed by atoms with Crippen molar-refractivity contribution in [3.05, 3.63) is 63.9 Å². The molecule has 1 N–H and O–H groups in total. The monoisotopic (exact) mass is 366 g/mol. The summed E-state index contributed by atoms with van der Waals surface area (Å²) in [5.41, 5.74) is 3.96. The van der Waals surface area contributed by atoms with E-state index in [-0.39, 0.29) is 5.13 Å². The molecule has 0 radical (unpaired) electrons. The van der Waals surface area contributed by atoms with Crippen molar-refractivity contribution in [3.8, 4) is 0 Å². The minimum Gasteiger partial charge on any atom is -0.357 e. The van der Waals surface area contributed by atoms with Gasteiger partial charge >= 0.3 is 6.18 Å². The zero-order valence-electron chi connectivity index (χ0n) is 13.8. The van der Waals surface area contributed by atoms with Gasteiger partial charge in [0, 0.05) is 17.8 Å². The molecule has 0 aliphatic rings. The second-order valence-corrected chi connectivity index (χ2v) is 6.70. The number of thiazole rings is 1. The van der Waals surface area contributed by atoms with Crippen LogP contribution >= 0.6 is 11.3 Å². The van der Waals surface area contributed by atoms with E-state index in [9.17, 15) is 13.2 Å². The van der Waals surface area contributed by atoms with Crippen LogP contribution in [0, 0.1) is 13.8 Å². The van der Waals surface area contributed by atoms with E-state index in [1.54, 1.807) is 0 Å². The molecule has 0 aliphatic heterocycles. The van der Waals surface area contributed by atoms with E-state index in [0.717, 1.165) is 28.7 Å². The van der Waals surface area contributed by atoms with Crippen molar-refractivity contribution in [2.24, 2.45) is 0 Å². The lowest BCUT2D eigenvalue weighted by atomic mass is 10.2. The highest BCUT2D eigenvalue weighted by atomic mass is 32.1. The number of hydrogen-bond donors (Lipinski definition) is 1. The van der Waals surface area contributed by atoms with E-state index in [1.807, 2.05) is 48.9 Å². The molecule has 0 atom stereocenters. The Bertz CT molecular complexity index is 853. The number of alkyl halides is 3. The maximum Gasteiger partial charge on any atom is 0.427 e. The predicted octanol–water partition coefficient (Wildman–Crippen LogP) is 4.64. The van der Waals surface area contributed by atoms with Crippen molar-refractivity contribution < 1.29 is 13.2 Å². The van der Waals surface area contributed by atoms with Crippen molar-refractivity contribution >= 4 is 16.5 Å². The maximum absolute atomic E-state index is 12.6. The second-order valence-electron chi connectivity index (χ2n) is 5.67. The Morgan fingerprint density at radius 3 is 2.52 bits per heavy atom. The van der Waals surface area contributed by atoms with Gasteiger partial charge in [-0.25, -0.2) is 4.98 Å². The van der Waals surface area contributed by atoms with Crippen molar-refractivity contribution in [3.63, 3.8) is 0 Å². The zero-order valence-corrected chi connectivity index (χ0v) is 14.6. The number of nitrogens with one attached hydrogen (secondary N) is 1. The fourth-order valence-corrected chi connectivity index (χ4v) is 3.23. The van der Waals surface area contributed by atoms with Crippen molar-refractivity contribution in [2.75, 3.05) is 5.32 Å². The van der Waals surface area contributed by atoms with Crippen molar-refractivity contribution in [1.29, 1.82) is 0 Å². The summed E-state index contributed by atoms with van der Waals surface area (Å²) >= 11 is 0.606. The Morgan fingerprint density at radius 1 is 1.16 bits per heavy atom. The quantitative estimate of drug-likeness (QED) is 0.716. The minimum atomic E-state index is -4.36. The van der Waals surface area contributed by atoms with Gasteiger partial charge < -0.3 is 5.32 Å². The summed E-state index contributed by atoms with van der Waals surface area (Å²) in [5, 5.41) is 7.76. The Hall–Kier alpha value is -2.35. The highest BCUT2D eigenvalue weighted by molar-refractivity contribution is 7.15. The Balaban J connectivity index is 1.72. The fourth-order valence-electron chi connectivity index (χ4n) is 2.55. The molecule has 3 rings (SSSR count). The fraction of sp³-hybridized carbons (Fsp3) is 0.294. The third-order valence-corrected chi connectivity index (χ3v) is 4.91. The molecule has 0 spiro atoms. The SMILES string of the molecule is Cc1nn(Cc2ccccc2)c(C)c1CNc1ncc(C(F)(F)F)s1. The third kappa shape index (κ3) is 4.01. The van der Waals surface area contributed by atoms with E-state index in [0.29, 0.717) is 24.4 Å². The van der Waals surface area contributed by atoms with Gasteiger partial charge in [0.2, 0.25) is 0 Å². The first-order valence-electron chi connectivity index (χ1n) is 7.68. The smallest absolute Gasteiger partial charge is 0.357 e. The molecule has 1 aromatic carbocycles. The van der Waals surface area contributed by atoms with E-state index in [2.05, 4.69) is 15.4 Å². The lowest BCUT2D eigenvalue weighted by Crippen LogP contribution is -2.05. The van der Waals surface area contributed by atoms with Crippen molar-refractivity contribution in [1.82, 2.24) is 14.8 Å². The van der Waals surface area contributed by atoms with Crippen LogP contribution in [-0.2, 0) is 19.3 Å². The predicted molar refractivity (Wildman–Crippen MR) is 91.7 cm³/mol. The molecule has 0 aliphatic carbocycles. The number of rotatable bonds is 5. The minimum absolute atomic E-state index is 0.252. The number of halogens is 3. The van der Waals surface area contributed by atoms with Gasteiger partial charge in [0.15, 0.2) is 5.13 Å². The molecule has 0 unspecified atom stereocenters. The molecule has 2 heterocycles. The summed E-state index contributed by atoms with van der Waals surface area (Å²) in [6, 6.07) is 9.98. The lowest BCUT2D eigenvalue weighted by Gasteiger charge is -2.06. The van der Waals surface area contributed by atoms with Gasteiger partial charge in [-0.3, -0.25) is 4.68 Å². The standard InChI is InChI=1S/C17H17F3N4S/c1-11-14(8-21-16-22-9-15(25-16)17(18,19)20)12(2)24(23-11)10-13-6-4-3-5-7-13/h3-7,9H,8,10H2,1-2H3,(H,21,22). The van der Waals surface area contributed by atoms with Gasteiger partial charge in [0.25, 0.3) is 0 Å². The van der Waals surface area contributed by atoms with Crippen LogP contribution in [0.15, 0.2) is 36.5 Å². The maximum atomic E-state index is 12.6. The second kappa shape index (κ2) is 6.87. The van der Waals surface area contributed by atoms with Gasteiger partial charge in [0.1, 0.15) is 4.88 Å². The molecule has 25 heavy (non-hydrogen) atoms. The zero-order chi connectivity index (χ0) is 18.0. The summed E-state index contributed by atoms with van der Waals surface area (Å²) < 4.78 is 39.8. The summed E-state index contributed by atoms with van der Waals surface area (Å²) in [7, 11) is 0. The Labute approximate surface area is 147 Å². The first kappa shape index (κ1) is 17.5. The summed E-state index contributed by atoms with van der Waals surface area (Å²) in [6.07, 6.45) is -3.50. The Kier molecular flexibility index (Phi) is 4.80. The van der Waals surface area contributed by atoms with Gasteiger partial charge in [-0.05, 0) is 19.4 Å². The van der Waals surface area contributed by atoms with Gasteiger partial charge in [-0.15, -0.1) is 0 Å². The first-order valence-corrected chi connectivity index (χ1v) is 8.50. The molecule has 2 aromatic heterocycles. The van der Waals surface area contributed by atoms with E-state index < -0.39 is 11.1 Å². The molecule has 8 heteroatoms. The molecule has 0 saturated carbocycles. The molecule has 0 bridgehead atoms. The van der Waals surface area contributed by atoms with Crippen LogP contribution in [0.4, 0.5) is 18.3 Å². The van der Waals surface area contributed by atoms with Crippen LogP contribution in [0.2, 0.25) is 0 Å². The topological polar surface area (TPSA) is 42.7 Å². The molecule has 4 nitrogen and oxygen atoms in total. The number of nitrogens with zero attached hydrogens (tertiary/aromatic N) is 3. The molecule has 3 aromatic rings. The van der Waals surface area contributed by atoms with Crippen LogP contribution < -0.4 is 5.32 Å². The van der Waals surface area contributed by atoms with Crippen molar-refractivity contribution in [2.45, 2.75) is 33.1 Å². The van der Waals surface area contributed by atoms with Crippen LogP contribution in [0.3, 0.4) is 0 Å². The summed E-state index contributed by atoms with van der Waals surface area (Å²) in [4.78, 5) is 3.09. The normalized spacial score (nSPS) is 11.7. The Morgan fingerprint density at radius 2 is 1.88 bits per heavy atom. The summed E-state index contributed by atoms with van der Waals surface area (Å²) in [5.74, 6) is 0. The average molecular weight is 366 g/mol. The van der Waals surface area contributed by atoms with Gasteiger partial charge in [-0.2, -0.15) is 18.3 Å². The summed E-state index contributed by atoms with van der Waals surface area (Å²) in [6.45, 7) is 4.90. The number of anilines is 1. The number of aromatic nitrogens is 3. The number of aryl methyl sites for hydroxylation is 1. The molecule has 132 valence electrons. The van der Waals surface area contributed by atoms with E-state index in [4.69, 9.17) is 0 Å². The first-order chi connectivity index (χ1) is 11.8.